The van der Waals surface area contributed by atoms with Crippen molar-refractivity contribution in [2.75, 3.05) is 0 Å². The quantitative estimate of drug-likeness (QED) is 0.133. The van der Waals surface area contributed by atoms with Crippen LogP contribution < -0.4 is 0 Å². The van der Waals surface area contributed by atoms with Crippen molar-refractivity contribution in [1.29, 1.82) is 0 Å². The summed E-state index contributed by atoms with van der Waals surface area (Å²) in [5, 5.41) is -3.99. The van der Waals surface area contributed by atoms with Crippen molar-refractivity contribution < 1.29 is 39.5 Å². The van der Waals surface area contributed by atoms with Crippen molar-refractivity contribution in [3.8, 4) is 11.1 Å². The van der Waals surface area contributed by atoms with E-state index >= 15 is 4.39 Å². The van der Waals surface area contributed by atoms with Crippen LogP contribution in [0, 0.1) is 52.4 Å². The summed E-state index contributed by atoms with van der Waals surface area (Å²) < 4.78 is 129. The first kappa shape index (κ1) is 21.1. The van der Waals surface area contributed by atoms with Crippen LogP contribution in [0.1, 0.15) is 0 Å². The first-order chi connectivity index (χ1) is 15.6. The van der Waals surface area contributed by atoms with Crippen molar-refractivity contribution >= 4 is 32.3 Å². The molecule has 0 atom stereocenters. The summed E-state index contributed by atoms with van der Waals surface area (Å²) in [5.74, 6) is -15.4. The van der Waals surface area contributed by atoms with Gasteiger partial charge < -0.3 is 0 Å². The molecule has 0 aliphatic heterocycles. The number of hydrogen-bond donors (Lipinski definition) is 0. The molecule has 0 radical (unpaired) electrons. The highest BCUT2D eigenvalue weighted by Crippen LogP contribution is 2.41. The lowest BCUT2D eigenvalue weighted by Crippen LogP contribution is -2.02. The molecular formula is C24H7F9. The number of benzene rings is 5. The monoisotopic (exact) mass is 466 g/mol. The van der Waals surface area contributed by atoms with E-state index < -0.39 is 90.4 Å². The van der Waals surface area contributed by atoms with Crippen molar-refractivity contribution in [3.63, 3.8) is 0 Å². The normalized spacial score (nSPS) is 11.8. The number of hydrogen-bond acceptors (Lipinski definition) is 0. The molecule has 33 heavy (non-hydrogen) atoms. The van der Waals surface area contributed by atoms with Gasteiger partial charge in [0, 0.05) is 5.56 Å². The van der Waals surface area contributed by atoms with Crippen LogP contribution in [0.4, 0.5) is 39.5 Å². The lowest BCUT2D eigenvalue weighted by atomic mass is 9.92. The van der Waals surface area contributed by atoms with Crippen LogP contribution in [0.15, 0.2) is 42.5 Å². The molecule has 0 bridgehead atoms. The maximum absolute atomic E-state index is 15.1. The fourth-order valence-electron chi connectivity index (χ4n) is 4.02. The van der Waals surface area contributed by atoms with Gasteiger partial charge in [-0.25, -0.2) is 39.5 Å². The SMILES string of the molecule is Fc1cc2cc(-c3c(F)c(F)c(F)c4c(F)c5c(F)cccc5cc34)cc(F)c2c(F)c1F. The minimum absolute atomic E-state index is 0.132. The van der Waals surface area contributed by atoms with Gasteiger partial charge in [-0.1, -0.05) is 12.1 Å². The Morgan fingerprint density at radius 1 is 0.424 bits per heavy atom. The predicted octanol–water partition coefficient (Wildman–Crippen LogP) is 8.07. The van der Waals surface area contributed by atoms with Gasteiger partial charge in [0.15, 0.2) is 34.9 Å². The van der Waals surface area contributed by atoms with Gasteiger partial charge in [0.25, 0.3) is 0 Å². The third-order valence-electron chi connectivity index (χ3n) is 5.46. The Labute approximate surface area is 178 Å². The molecule has 0 amide bonds. The maximum Gasteiger partial charge on any atom is 0.195 e. The predicted molar refractivity (Wildman–Crippen MR) is 104 cm³/mol. The van der Waals surface area contributed by atoms with E-state index in [0.717, 1.165) is 18.2 Å². The summed E-state index contributed by atoms with van der Waals surface area (Å²) in [6, 6.07) is 6.04. The average Bonchev–Trinajstić information content (AvgIpc) is 2.75. The summed E-state index contributed by atoms with van der Waals surface area (Å²) in [4.78, 5) is 0. The first-order valence-electron chi connectivity index (χ1n) is 9.25. The molecule has 0 saturated carbocycles. The highest BCUT2D eigenvalue weighted by atomic mass is 19.2. The molecule has 5 aromatic rings. The zero-order valence-electron chi connectivity index (χ0n) is 15.9. The lowest BCUT2D eigenvalue weighted by molar-refractivity contribution is 0.451. The molecule has 0 unspecified atom stereocenters. The highest BCUT2D eigenvalue weighted by molar-refractivity contribution is 6.07. The van der Waals surface area contributed by atoms with E-state index in [1.54, 1.807) is 0 Å². The van der Waals surface area contributed by atoms with Crippen molar-refractivity contribution in [3.05, 3.63) is 94.8 Å². The summed E-state index contributed by atoms with van der Waals surface area (Å²) in [5.41, 5.74) is -1.37. The molecule has 0 aliphatic rings. The molecule has 0 nitrogen and oxygen atoms in total. The van der Waals surface area contributed by atoms with Gasteiger partial charge in [0.1, 0.15) is 17.5 Å². The lowest BCUT2D eigenvalue weighted by Gasteiger charge is -2.15. The molecule has 0 saturated heterocycles. The molecule has 5 aromatic carbocycles. The number of halogens is 9. The molecule has 0 spiro atoms. The molecule has 0 fully saturated rings. The molecule has 0 heterocycles. The van der Waals surface area contributed by atoms with E-state index in [9.17, 15) is 35.1 Å². The molecule has 5 rings (SSSR count). The van der Waals surface area contributed by atoms with E-state index in [4.69, 9.17) is 0 Å². The molecule has 0 aromatic heterocycles. The van der Waals surface area contributed by atoms with E-state index in [-0.39, 0.29) is 5.39 Å². The fraction of sp³-hybridized carbons (Fsp3) is 0. The third kappa shape index (κ3) is 2.88. The van der Waals surface area contributed by atoms with Gasteiger partial charge in [-0.2, -0.15) is 0 Å². The van der Waals surface area contributed by atoms with Gasteiger partial charge in [-0.15, -0.1) is 0 Å². The van der Waals surface area contributed by atoms with E-state index in [2.05, 4.69) is 0 Å². The molecular weight excluding hydrogens is 459 g/mol. The Bertz CT molecular complexity index is 1650. The summed E-state index contributed by atoms with van der Waals surface area (Å²) in [6.07, 6.45) is 0. The highest BCUT2D eigenvalue weighted by Gasteiger charge is 2.27. The average molecular weight is 466 g/mol. The van der Waals surface area contributed by atoms with Crippen LogP contribution in [-0.4, -0.2) is 0 Å². The molecule has 166 valence electrons. The van der Waals surface area contributed by atoms with E-state index in [1.165, 1.54) is 12.1 Å². The summed E-state index contributed by atoms with van der Waals surface area (Å²) in [7, 11) is 0. The molecule has 0 N–H and O–H groups in total. The Hall–Kier alpha value is -3.75. The third-order valence-corrected chi connectivity index (χ3v) is 5.46. The van der Waals surface area contributed by atoms with Gasteiger partial charge in [-0.05, 0) is 52.1 Å². The van der Waals surface area contributed by atoms with Crippen LogP contribution in [0.3, 0.4) is 0 Å². The van der Waals surface area contributed by atoms with Crippen molar-refractivity contribution in [2.24, 2.45) is 0 Å². The van der Waals surface area contributed by atoms with Crippen LogP contribution >= 0.6 is 0 Å². The second-order valence-corrected chi connectivity index (χ2v) is 7.31. The van der Waals surface area contributed by atoms with Crippen LogP contribution in [0.5, 0.6) is 0 Å². The van der Waals surface area contributed by atoms with Crippen LogP contribution in [-0.2, 0) is 0 Å². The fourth-order valence-corrected chi connectivity index (χ4v) is 4.02. The van der Waals surface area contributed by atoms with Crippen molar-refractivity contribution in [1.82, 2.24) is 0 Å². The Morgan fingerprint density at radius 3 is 1.82 bits per heavy atom. The molecule has 9 heteroatoms. The maximum atomic E-state index is 15.1. The standard InChI is InChI=1S/C24H7F9/c25-12-3-1-2-8-5-11-15(21(30)24(33)23(32)18(11)20(29)16(8)12)9-4-10-7-14(27)19(28)22(31)17(10)13(26)6-9/h1-7H. The summed E-state index contributed by atoms with van der Waals surface area (Å²) >= 11 is 0. The van der Waals surface area contributed by atoms with Crippen LogP contribution in [0.25, 0.3) is 43.4 Å². The minimum Gasteiger partial charge on any atom is -0.206 e. The number of fused-ring (bicyclic) bond motifs is 3. The van der Waals surface area contributed by atoms with E-state index in [0.29, 0.717) is 12.1 Å². The second kappa shape index (κ2) is 7.13. The smallest absolute Gasteiger partial charge is 0.195 e. The van der Waals surface area contributed by atoms with E-state index in [1.807, 2.05) is 0 Å². The topological polar surface area (TPSA) is 0 Å². The minimum atomic E-state index is -2.12. The Morgan fingerprint density at radius 2 is 1.09 bits per heavy atom. The van der Waals surface area contributed by atoms with Gasteiger partial charge in [0.2, 0.25) is 0 Å². The first-order valence-corrected chi connectivity index (χ1v) is 9.25. The van der Waals surface area contributed by atoms with Gasteiger partial charge in [-0.3, -0.25) is 0 Å². The van der Waals surface area contributed by atoms with Gasteiger partial charge >= 0.3 is 0 Å². The Kier molecular flexibility index (Phi) is 4.56. The zero-order chi connectivity index (χ0) is 23.8. The summed E-state index contributed by atoms with van der Waals surface area (Å²) in [6.45, 7) is 0. The molecule has 0 aliphatic carbocycles. The Balaban J connectivity index is 1.98. The number of rotatable bonds is 1. The van der Waals surface area contributed by atoms with Crippen molar-refractivity contribution in [2.45, 2.75) is 0 Å². The largest absolute Gasteiger partial charge is 0.206 e. The second-order valence-electron chi connectivity index (χ2n) is 7.31. The zero-order valence-corrected chi connectivity index (χ0v) is 15.9. The van der Waals surface area contributed by atoms with Crippen LogP contribution in [0.2, 0.25) is 0 Å². The van der Waals surface area contributed by atoms with Gasteiger partial charge in [0.05, 0.1) is 16.2 Å².